The molecule has 0 fully saturated rings. The van der Waals surface area contributed by atoms with Crippen molar-refractivity contribution in [2.24, 2.45) is 5.10 Å². The minimum absolute atomic E-state index is 0.0148. The van der Waals surface area contributed by atoms with Crippen LogP contribution in [0, 0.1) is 11.3 Å². The highest BCUT2D eigenvalue weighted by Crippen LogP contribution is 2.10. The van der Waals surface area contributed by atoms with Gasteiger partial charge < -0.3 is 0 Å². The van der Waals surface area contributed by atoms with E-state index >= 15 is 0 Å². The molecule has 0 aliphatic rings. The quantitative estimate of drug-likeness (QED) is 0.694. The minimum Gasteiger partial charge on any atom is -0.200 e. The van der Waals surface area contributed by atoms with E-state index in [-0.39, 0.29) is 10.1 Å². The minimum atomic E-state index is -3.75. The van der Waals surface area contributed by atoms with E-state index in [1.165, 1.54) is 12.1 Å². The van der Waals surface area contributed by atoms with Crippen LogP contribution >= 0.6 is 11.6 Å². The number of hydrogen-bond donors (Lipinski definition) is 1. The molecule has 0 atom stereocenters. The molecule has 0 amide bonds. The standard InChI is InChI=1S/C14H10ClN3O2S/c15-14(12-8-6-11(10-16)7-9-12)17-18-21(19,20)13-4-2-1-3-5-13/h1-9,18H/b17-14-. The van der Waals surface area contributed by atoms with E-state index in [4.69, 9.17) is 16.9 Å². The number of sulfonamides is 1. The van der Waals surface area contributed by atoms with Gasteiger partial charge in [-0.05, 0) is 24.3 Å². The molecule has 0 aliphatic carbocycles. The smallest absolute Gasteiger partial charge is 0.200 e. The van der Waals surface area contributed by atoms with E-state index in [1.54, 1.807) is 42.5 Å². The third-order valence-electron chi connectivity index (χ3n) is 2.57. The monoisotopic (exact) mass is 319 g/mol. The summed E-state index contributed by atoms with van der Waals surface area (Å²) in [4.78, 5) is 2.16. The maximum absolute atomic E-state index is 11.9. The Morgan fingerprint density at radius 2 is 1.71 bits per heavy atom. The largest absolute Gasteiger partial charge is 0.276 e. The molecule has 7 heteroatoms. The molecule has 0 unspecified atom stereocenters. The zero-order chi connectivity index (χ0) is 15.3. The Morgan fingerprint density at radius 3 is 2.29 bits per heavy atom. The van der Waals surface area contributed by atoms with Gasteiger partial charge in [-0.25, -0.2) is 0 Å². The lowest BCUT2D eigenvalue weighted by Gasteiger charge is -2.04. The van der Waals surface area contributed by atoms with Crippen molar-refractivity contribution in [3.8, 4) is 6.07 Å². The third kappa shape index (κ3) is 3.81. The molecule has 0 aliphatic heterocycles. The first-order valence-electron chi connectivity index (χ1n) is 5.83. The van der Waals surface area contributed by atoms with Crippen LogP contribution in [0.3, 0.4) is 0 Å². The van der Waals surface area contributed by atoms with Crippen molar-refractivity contribution in [2.45, 2.75) is 4.90 Å². The van der Waals surface area contributed by atoms with E-state index in [0.717, 1.165) is 0 Å². The third-order valence-corrected chi connectivity index (χ3v) is 4.10. The van der Waals surface area contributed by atoms with Crippen LogP contribution in [0.1, 0.15) is 11.1 Å². The maximum Gasteiger partial charge on any atom is 0.276 e. The van der Waals surface area contributed by atoms with Gasteiger partial charge in [0.15, 0.2) is 5.17 Å². The van der Waals surface area contributed by atoms with E-state index in [0.29, 0.717) is 11.1 Å². The molecule has 0 saturated carbocycles. The molecule has 2 aromatic rings. The number of halogens is 1. The van der Waals surface area contributed by atoms with Gasteiger partial charge in [0.2, 0.25) is 0 Å². The molecular formula is C14H10ClN3O2S. The van der Waals surface area contributed by atoms with Crippen LogP contribution < -0.4 is 4.83 Å². The molecule has 21 heavy (non-hydrogen) atoms. The number of hydrogen-bond acceptors (Lipinski definition) is 4. The summed E-state index contributed by atoms with van der Waals surface area (Å²) >= 11 is 5.94. The number of rotatable bonds is 4. The van der Waals surface area contributed by atoms with E-state index < -0.39 is 10.0 Å². The van der Waals surface area contributed by atoms with Gasteiger partial charge in [-0.2, -0.15) is 23.6 Å². The second-order valence-electron chi connectivity index (χ2n) is 4.00. The van der Waals surface area contributed by atoms with E-state index in [9.17, 15) is 8.42 Å². The van der Waals surface area contributed by atoms with E-state index in [2.05, 4.69) is 9.93 Å². The molecule has 2 aromatic carbocycles. The summed E-state index contributed by atoms with van der Waals surface area (Å²) in [5.41, 5.74) is 0.986. The van der Waals surface area contributed by atoms with Gasteiger partial charge in [0.05, 0.1) is 16.5 Å². The Bertz CT molecular complexity index is 794. The summed E-state index contributed by atoms with van der Waals surface area (Å²) in [7, 11) is -3.75. The van der Waals surface area contributed by atoms with Crippen molar-refractivity contribution in [1.82, 2.24) is 4.83 Å². The zero-order valence-corrected chi connectivity index (χ0v) is 12.3. The molecule has 0 heterocycles. The normalized spacial score (nSPS) is 11.7. The number of nitrogens with zero attached hydrogens (tertiary/aromatic N) is 2. The van der Waals surface area contributed by atoms with Gasteiger partial charge in [-0.15, -0.1) is 0 Å². The van der Waals surface area contributed by atoms with E-state index in [1.807, 2.05) is 6.07 Å². The number of benzene rings is 2. The predicted molar refractivity (Wildman–Crippen MR) is 80.3 cm³/mol. The van der Waals surface area contributed by atoms with Gasteiger partial charge in [0.25, 0.3) is 10.0 Å². The Morgan fingerprint density at radius 1 is 1.10 bits per heavy atom. The lowest BCUT2D eigenvalue weighted by molar-refractivity contribution is 0.584. The molecule has 1 N–H and O–H groups in total. The molecule has 0 spiro atoms. The van der Waals surface area contributed by atoms with Crippen molar-refractivity contribution in [3.05, 3.63) is 65.7 Å². The first-order chi connectivity index (χ1) is 10.0. The summed E-state index contributed by atoms with van der Waals surface area (Å²) in [5, 5.41) is 12.3. The Kier molecular flexibility index (Phi) is 4.58. The highest BCUT2D eigenvalue weighted by molar-refractivity contribution is 7.89. The van der Waals surface area contributed by atoms with Crippen LogP contribution in [0.25, 0.3) is 0 Å². The Labute approximate surface area is 127 Å². The molecular weight excluding hydrogens is 310 g/mol. The lowest BCUT2D eigenvalue weighted by Crippen LogP contribution is -2.19. The van der Waals surface area contributed by atoms with Crippen molar-refractivity contribution in [3.63, 3.8) is 0 Å². The SMILES string of the molecule is N#Cc1ccc(/C(Cl)=N/NS(=O)(=O)c2ccccc2)cc1. The van der Waals surface area contributed by atoms with Gasteiger partial charge >= 0.3 is 0 Å². The van der Waals surface area contributed by atoms with Crippen molar-refractivity contribution in [2.75, 3.05) is 0 Å². The Hall–Kier alpha value is -2.36. The van der Waals surface area contributed by atoms with Gasteiger partial charge in [0, 0.05) is 5.56 Å². The highest BCUT2D eigenvalue weighted by atomic mass is 35.5. The van der Waals surface area contributed by atoms with Crippen LogP contribution in [-0.4, -0.2) is 13.6 Å². The fraction of sp³-hybridized carbons (Fsp3) is 0. The molecule has 2 rings (SSSR count). The molecule has 5 nitrogen and oxygen atoms in total. The lowest BCUT2D eigenvalue weighted by atomic mass is 10.2. The first kappa shape index (κ1) is 15.0. The van der Waals surface area contributed by atoms with Crippen LogP contribution in [0.5, 0.6) is 0 Å². The summed E-state index contributed by atoms with van der Waals surface area (Å²) in [6.07, 6.45) is 0. The fourth-order valence-corrected chi connectivity index (χ4v) is 2.55. The number of hydrazone groups is 1. The second kappa shape index (κ2) is 6.39. The molecule has 0 bridgehead atoms. The van der Waals surface area contributed by atoms with Gasteiger partial charge in [0.1, 0.15) is 0 Å². The predicted octanol–water partition coefficient (Wildman–Crippen LogP) is 2.44. The molecule has 0 radical (unpaired) electrons. The average molecular weight is 320 g/mol. The topological polar surface area (TPSA) is 82.3 Å². The van der Waals surface area contributed by atoms with Crippen molar-refractivity contribution in [1.29, 1.82) is 5.26 Å². The van der Waals surface area contributed by atoms with Crippen LogP contribution in [-0.2, 0) is 10.0 Å². The average Bonchev–Trinajstić information content (AvgIpc) is 2.53. The van der Waals surface area contributed by atoms with Crippen molar-refractivity contribution >= 4 is 26.8 Å². The maximum atomic E-state index is 11.9. The number of nitriles is 1. The Balaban J connectivity index is 2.18. The van der Waals surface area contributed by atoms with Crippen LogP contribution in [0.2, 0.25) is 0 Å². The van der Waals surface area contributed by atoms with Gasteiger partial charge in [-0.1, -0.05) is 41.9 Å². The second-order valence-corrected chi connectivity index (χ2v) is 6.02. The zero-order valence-electron chi connectivity index (χ0n) is 10.7. The van der Waals surface area contributed by atoms with Gasteiger partial charge in [-0.3, -0.25) is 0 Å². The fourth-order valence-electron chi connectivity index (χ4n) is 1.50. The molecule has 106 valence electrons. The summed E-state index contributed by atoms with van der Waals surface area (Å²) in [5.74, 6) is 0. The van der Waals surface area contributed by atoms with Crippen LogP contribution in [0.4, 0.5) is 0 Å². The van der Waals surface area contributed by atoms with Crippen molar-refractivity contribution < 1.29 is 8.42 Å². The van der Waals surface area contributed by atoms with Crippen LogP contribution in [0.15, 0.2) is 64.6 Å². The number of nitrogens with one attached hydrogen (secondary N) is 1. The summed E-state index contributed by atoms with van der Waals surface area (Å²) in [6, 6.07) is 16.1. The highest BCUT2D eigenvalue weighted by Gasteiger charge is 2.12. The molecule has 0 aromatic heterocycles. The summed E-state index contributed by atoms with van der Waals surface area (Å²) < 4.78 is 23.9. The molecule has 0 saturated heterocycles. The first-order valence-corrected chi connectivity index (χ1v) is 7.69. The summed E-state index contributed by atoms with van der Waals surface area (Å²) in [6.45, 7) is 0.